The van der Waals surface area contributed by atoms with Gasteiger partial charge in [-0.15, -0.1) is 0 Å². The highest BCUT2D eigenvalue weighted by Crippen LogP contribution is 2.28. The van der Waals surface area contributed by atoms with Crippen LogP contribution in [-0.4, -0.2) is 23.5 Å². The maximum Gasteiger partial charge on any atom is 0.257 e. The maximum atomic E-state index is 13.8. The van der Waals surface area contributed by atoms with Crippen molar-refractivity contribution in [1.29, 1.82) is 0 Å². The van der Waals surface area contributed by atoms with Gasteiger partial charge in [0, 0.05) is 11.3 Å². The van der Waals surface area contributed by atoms with Crippen molar-refractivity contribution in [1.82, 2.24) is 5.32 Å². The normalized spacial score (nSPS) is 22.6. The second kappa shape index (κ2) is 6.43. The lowest BCUT2D eigenvalue weighted by Crippen LogP contribution is -2.44. The molecule has 0 radical (unpaired) electrons. The van der Waals surface area contributed by atoms with Gasteiger partial charge in [-0.3, -0.25) is 4.79 Å². The topological polar surface area (TPSA) is 55.1 Å². The summed E-state index contributed by atoms with van der Waals surface area (Å²) >= 11 is 1.68. The molecule has 1 amide bonds. The van der Waals surface area contributed by atoms with E-state index in [1.165, 1.54) is 0 Å². The summed E-state index contributed by atoms with van der Waals surface area (Å²) in [5, 5.41) is 3.04. The van der Waals surface area contributed by atoms with Crippen molar-refractivity contribution in [3.8, 4) is 0 Å². The van der Waals surface area contributed by atoms with Crippen LogP contribution in [0.3, 0.4) is 0 Å². The summed E-state index contributed by atoms with van der Waals surface area (Å²) in [7, 11) is 0. The van der Waals surface area contributed by atoms with Crippen LogP contribution in [0, 0.1) is 11.6 Å². The van der Waals surface area contributed by atoms with Crippen molar-refractivity contribution in [2.45, 2.75) is 37.0 Å². The minimum absolute atomic E-state index is 0.0496. The summed E-state index contributed by atoms with van der Waals surface area (Å²) in [6.07, 6.45) is 5.97. The molecule has 1 saturated carbocycles. The number of rotatable bonds is 3. The molecular weight excluding hydrogens is 282 g/mol. The molecule has 1 aromatic carbocycles. The molecular formula is C14H18F2N2OS. The van der Waals surface area contributed by atoms with Crippen LogP contribution < -0.4 is 11.1 Å². The number of carbonyl (C=O) groups is 1. The van der Waals surface area contributed by atoms with E-state index >= 15 is 0 Å². The van der Waals surface area contributed by atoms with Gasteiger partial charge in [0.2, 0.25) is 0 Å². The van der Waals surface area contributed by atoms with E-state index < -0.39 is 23.1 Å². The van der Waals surface area contributed by atoms with Crippen LogP contribution in [0.15, 0.2) is 12.1 Å². The number of benzene rings is 1. The van der Waals surface area contributed by atoms with E-state index in [9.17, 15) is 13.6 Å². The Balaban J connectivity index is 2.18. The van der Waals surface area contributed by atoms with Crippen LogP contribution in [0.25, 0.3) is 0 Å². The molecule has 3 nitrogen and oxygen atoms in total. The third-order valence-electron chi connectivity index (χ3n) is 3.67. The summed E-state index contributed by atoms with van der Waals surface area (Å²) < 4.78 is 27.5. The van der Waals surface area contributed by atoms with E-state index in [1.807, 2.05) is 6.26 Å². The fourth-order valence-electron chi connectivity index (χ4n) is 2.56. The summed E-state index contributed by atoms with van der Waals surface area (Å²) in [6.45, 7) is 0. The second-order valence-corrected chi connectivity index (χ2v) is 6.04. The van der Waals surface area contributed by atoms with Gasteiger partial charge in [-0.2, -0.15) is 11.8 Å². The summed E-state index contributed by atoms with van der Waals surface area (Å²) in [4.78, 5) is 12.1. The van der Waals surface area contributed by atoms with Crippen molar-refractivity contribution in [3.05, 3.63) is 29.3 Å². The van der Waals surface area contributed by atoms with Crippen molar-refractivity contribution >= 4 is 23.4 Å². The average molecular weight is 300 g/mol. The van der Waals surface area contributed by atoms with Crippen LogP contribution in [0.2, 0.25) is 0 Å². The van der Waals surface area contributed by atoms with E-state index in [4.69, 9.17) is 5.73 Å². The SMILES string of the molecule is CSC1CCCCC1NC(=O)c1c(F)ccc(N)c1F. The van der Waals surface area contributed by atoms with Gasteiger partial charge >= 0.3 is 0 Å². The Morgan fingerprint density at radius 1 is 1.35 bits per heavy atom. The van der Waals surface area contributed by atoms with E-state index in [1.54, 1.807) is 11.8 Å². The first-order chi connectivity index (χ1) is 9.54. The molecule has 110 valence electrons. The predicted molar refractivity (Wildman–Crippen MR) is 77.8 cm³/mol. The highest BCUT2D eigenvalue weighted by Gasteiger charge is 2.28. The Morgan fingerprint density at radius 2 is 2.05 bits per heavy atom. The largest absolute Gasteiger partial charge is 0.396 e. The van der Waals surface area contributed by atoms with Crippen molar-refractivity contribution in [3.63, 3.8) is 0 Å². The number of hydrogen-bond acceptors (Lipinski definition) is 3. The van der Waals surface area contributed by atoms with E-state index in [-0.39, 0.29) is 11.7 Å². The monoisotopic (exact) mass is 300 g/mol. The van der Waals surface area contributed by atoms with Gasteiger partial charge in [0.05, 0.1) is 5.69 Å². The number of thioether (sulfide) groups is 1. The number of nitrogens with one attached hydrogen (secondary N) is 1. The van der Waals surface area contributed by atoms with Gasteiger partial charge in [0.1, 0.15) is 11.4 Å². The lowest BCUT2D eigenvalue weighted by molar-refractivity contribution is 0.0921. The van der Waals surface area contributed by atoms with Gasteiger partial charge in [-0.05, 0) is 31.2 Å². The van der Waals surface area contributed by atoms with Crippen LogP contribution in [0.4, 0.5) is 14.5 Å². The number of nitrogen functional groups attached to an aromatic ring is 1. The first-order valence-electron chi connectivity index (χ1n) is 6.61. The van der Waals surface area contributed by atoms with Crippen molar-refractivity contribution in [2.24, 2.45) is 0 Å². The van der Waals surface area contributed by atoms with E-state index in [0.29, 0.717) is 5.25 Å². The molecule has 0 spiro atoms. The minimum Gasteiger partial charge on any atom is -0.396 e. The van der Waals surface area contributed by atoms with Crippen LogP contribution in [-0.2, 0) is 0 Å². The van der Waals surface area contributed by atoms with Crippen molar-refractivity contribution in [2.75, 3.05) is 12.0 Å². The standard InChI is InChI=1S/C14H18F2N2OS/c1-20-11-5-3-2-4-10(11)18-14(19)12-8(15)6-7-9(17)13(12)16/h6-7,10-11H,2-5,17H2,1H3,(H,18,19). The number of hydrogen-bond donors (Lipinski definition) is 2. The first-order valence-corrected chi connectivity index (χ1v) is 7.90. The molecule has 2 unspecified atom stereocenters. The molecule has 1 fully saturated rings. The molecule has 20 heavy (non-hydrogen) atoms. The Labute approximate surface area is 121 Å². The molecule has 1 aromatic rings. The van der Waals surface area contributed by atoms with Crippen molar-refractivity contribution < 1.29 is 13.6 Å². The molecule has 3 N–H and O–H groups in total. The lowest BCUT2D eigenvalue weighted by Gasteiger charge is -2.31. The summed E-state index contributed by atoms with van der Waals surface area (Å²) in [5.41, 5.74) is 4.58. The average Bonchev–Trinajstić information content (AvgIpc) is 2.44. The Kier molecular flexibility index (Phi) is 4.86. The molecule has 0 aliphatic heterocycles. The second-order valence-electron chi connectivity index (χ2n) is 4.96. The van der Waals surface area contributed by atoms with Crippen LogP contribution in [0.1, 0.15) is 36.0 Å². The molecule has 0 bridgehead atoms. The molecule has 1 aliphatic rings. The maximum absolute atomic E-state index is 13.8. The van der Waals surface area contributed by atoms with Gasteiger partial charge in [-0.1, -0.05) is 12.8 Å². The van der Waals surface area contributed by atoms with Gasteiger partial charge < -0.3 is 11.1 Å². The first kappa shape index (κ1) is 15.1. The Hall–Kier alpha value is -1.30. The number of anilines is 1. The highest BCUT2D eigenvalue weighted by molar-refractivity contribution is 7.99. The number of halogens is 2. The zero-order valence-corrected chi connectivity index (χ0v) is 12.1. The fraction of sp³-hybridized carbons (Fsp3) is 0.500. The molecule has 6 heteroatoms. The van der Waals surface area contributed by atoms with E-state index in [0.717, 1.165) is 37.8 Å². The van der Waals surface area contributed by atoms with Gasteiger partial charge in [-0.25, -0.2) is 8.78 Å². The predicted octanol–water partition coefficient (Wildman–Crippen LogP) is 2.95. The molecule has 2 atom stereocenters. The zero-order chi connectivity index (χ0) is 14.7. The Bertz CT molecular complexity index is 510. The molecule has 0 heterocycles. The molecule has 2 rings (SSSR count). The third-order valence-corrected chi connectivity index (χ3v) is 4.84. The molecule has 1 aliphatic carbocycles. The quantitative estimate of drug-likeness (QED) is 0.844. The smallest absolute Gasteiger partial charge is 0.257 e. The highest BCUT2D eigenvalue weighted by atomic mass is 32.2. The number of amides is 1. The lowest BCUT2D eigenvalue weighted by atomic mass is 9.94. The molecule has 0 saturated heterocycles. The van der Waals surface area contributed by atoms with Crippen LogP contribution >= 0.6 is 11.8 Å². The number of carbonyl (C=O) groups excluding carboxylic acids is 1. The fourth-order valence-corrected chi connectivity index (χ4v) is 3.50. The van der Waals surface area contributed by atoms with Crippen LogP contribution in [0.5, 0.6) is 0 Å². The Morgan fingerprint density at radius 3 is 2.75 bits per heavy atom. The zero-order valence-electron chi connectivity index (χ0n) is 11.3. The summed E-state index contributed by atoms with van der Waals surface area (Å²) in [5.74, 6) is -2.59. The third kappa shape index (κ3) is 3.06. The minimum atomic E-state index is -0.987. The van der Waals surface area contributed by atoms with E-state index in [2.05, 4.69) is 5.32 Å². The van der Waals surface area contributed by atoms with Gasteiger partial charge in [0.15, 0.2) is 5.82 Å². The number of nitrogens with two attached hydrogens (primary N) is 1. The van der Waals surface area contributed by atoms with Gasteiger partial charge in [0.25, 0.3) is 5.91 Å². The summed E-state index contributed by atoms with van der Waals surface area (Å²) in [6, 6.07) is 2.08. The molecule has 0 aromatic heterocycles.